The van der Waals surface area contributed by atoms with E-state index < -0.39 is 12.0 Å². The number of nitrogens with zero attached hydrogens (tertiary/aromatic N) is 3. The summed E-state index contributed by atoms with van der Waals surface area (Å²) >= 11 is 0. The lowest BCUT2D eigenvalue weighted by Gasteiger charge is -2.32. The number of methoxy groups -OCH3 is 1. The minimum Gasteiger partial charge on any atom is -0.467 e. The number of nitrogens with one attached hydrogen (secondary N) is 2. The number of urea groups is 1. The van der Waals surface area contributed by atoms with Crippen LogP contribution >= 0.6 is 0 Å². The number of hydrogen-bond acceptors (Lipinski definition) is 6. The van der Waals surface area contributed by atoms with Gasteiger partial charge in [0, 0.05) is 31.4 Å². The molecule has 2 N–H and O–H groups in total. The van der Waals surface area contributed by atoms with Gasteiger partial charge in [0.2, 0.25) is 5.91 Å². The fraction of sp³-hybridized carbons (Fsp3) is 0.611. The Hall–Kier alpha value is -2.71. The Labute approximate surface area is 158 Å². The van der Waals surface area contributed by atoms with Crippen LogP contribution < -0.4 is 10.6 Å². The van der Waals surface area contributed by atoms with Crippen molar-refractivity contribution in [1.82, 2.24) is 20.2 Å². The minimum absolute atomic E-state index is 0.122. The molecule has 0 unspecified atom stereocenters. The molecule has 1 atom stereocenters. The Bertz CT molecular complexity index is 644. The van der Waals surface area contributed by atoms with Crippen molar-refractivity contribution in [1.29, 1.82) is 0 Å². The molecule has 0 radical (unpaired) electrons. The molecule has 0 aromatic carbocycles. The highest BCUT2D eigenvalue weighted by Gasteiger charge is 2.30. The fourth-order valence-corrected chi connectivity index (χ4v) is 3.00. The Morgan fingerprint density at radius 1 is 1.26 bits per heavy atom. The molecule has 1 aliphatic rings. The third-order valence-corrected chi connectivity index (χ3v) is 4.46. The lowest BCUT2D eigenvalue weighted by molar-refractivity contribution is -0.143. The maximum atomic E-state index is 12.5. The van der Waals surface area contributed by atoms with Crippen molar-refractivity contribution in [3.8, 4) is 0 Å². The van der Waals surface area contributed by atoms with Crippen molar-refractivity contribution >= 4 is 23.7 Å². The van der Waals surface area contributed by atoms with Gasteiger partial charge >= 0.3 is 12.0 Å². The second-order valence-electron chi connectivity index (χ2n) is 7.00. The van der Waals surface area contributed by atoms with Gasteiger partial charge in [0.25, 0.3) is 0 Å². The predicted octanol–water partition coefficient (Wildman–Crippen LogP) is 1.42. The van der Waals surface area contributed by atoms with Crippen LogP contribution in [0, 0.1) is 11.8 Å². The Morgan fingerprint density at radius 2 is 1.96 bits per heavy atom. The summed E-state index contributed by atoms with van der Waals surface area (Å²) < 4.78 is 4.77. The Kier molecular flexibility index (Phi) is 7.51. The van der Waals surface area contributed by atoms with Crippen molar-refractivity contribution in [2.75, 3.05) is 25.5 Å². The van der Waals surface area contributed by atoms with Gasteiger partial charge in [-0.15, -0.1) is 0 Å². The summed E-state index contributed by atoms with van der Waals surface area (Å²) in [5.74, 6) is -0.108. The number of ether oxygens (including phenoxy) is 1. The fourth-order valence-electron chi connectivity index (χ4n) is 3.00. The normalized spacial score (nSPS) is 15.9. The van der Waals surface area contributed by atoms with E-state index in [1.807, 2.05) is 13.8 Å². The monoisotopic (exact) mass is 377 g/mol. The van der Waals surface area contributed by atoms with Crippen LogP contribution in [0.5, 0.6) is 0 Å². The van der Waals surface area contributed by atoms with Crippen molar-refractivity contribution in [3.05, 3.63) is 18.6 Å². The molecule has 0 bridgehead atoms. The van der Waals surface area contributed by atoms with E-state index in [2.05, 4.69) is 20.6 Å². The molecule has 0 aliphatic carbocycles. The summed E-state index contributed by atoms with van der Waals surface area (Å²) in [5, 5.41) is 5.49. The van der Waals surface area contributed by atoms with Crippen LogP contribution in [0.2, 0.25) is 0 Å². The first-order chi connectivity index (χ1) is 12.9. The van der Waals surface area contributed by atoms with Crippen LogP contribution in [0.1, 0.15) is 33.1 Å². The number of amides is 3. The number of likely N-dealkylation sites (tertiary alicyclic amines) is 1. The molecule has 1 saturated heterocycles. The van der Waals surface area contributed by atoms with Crippen molar-refractivity contribution in [3.63, 3.8) is 0 Å². The summed E-state index contributed by atoms with van der Waals surface area (Å²) in [6.07, 6.45) is 6.14. The zero-order valence-electron chi connectivity index (χ0n) is 16.0. The van der Waals surface area contributed by atoms with E-state index >= 15 is 0 Å². The summed E-state index contributed by atoms with van der Waals surface area (Å²) in [5.41, 5.74) is 0. The molecular formula is C18H27N5O4. The number of hydrogen-bond donors (Lipinski definition) is 2. The lowest BCUT2D eigenvalue weighted by atomic mass is 9.96. The second kappa shape index (κ2) is 9.84. The van der Waals surface area contributed by atoms with Gasteiger partial charge in [-0.25, -0.2) is 14.6 Å². The van der Waals surface area contributed by atoms with Crippen molar-refractivity contribution in [2.45, 2.75) is 39.2 Å². The largest absolute Gasteiger partial charge is 0.467 e. The van der Waals surface area contributed by atoms with Gasteiger partial charge in [-0.2, -0.15) is 0 Å². The maximum Gasteiger partial charge on any atom is 0.328 e. The quantitative estimate of drug-likeness (QED) is 0.725. The molecule has 9 nitrogen and oxygen atoms in total. The smallest absolute Gasteiger partial charge is 0.328 e. The summed E-state index contributed by atoms with van der Waals surface area (Å²) in [6, 6.07) is -0.973. The second-order valence-corrected chi connectivity index (χ2v) is 7.00. The van der Waals surface area contributed by atoms with Crippen LogP contribution in [0.3, 0.4) is 0 Å². The number of piperidine rings is 1. The number of esters is 1. The van der Waals surface area contributed by atoms with Gasteiger partial charge in [0.1, 0.15) is 6.04 Å². The van der Waals surface area contributed by atoms with Gasteiger partial charge in [-0.05, 0) is 25.2 Å². The molecule has 1 aliphatic heterocycles. The van der Waals surface area contributed by atoms with Crippen LogP contribution in [0.25, 0.3) is 0 Å². The van der Waals surface area contributed by atoms with Gasteiger partial charge in [0.15, 0.2) is 5.82 Å². The highest BCUT2D eigenvalue weighted by atomic mass is 16.5. The van der Waals surface area contributed by atoms with E-state index in [9.17, 15) is 14.4 Å². The summed E-state index contributed by atoms with van der Waals surface area (Å²) in [6.45, 7) is 4.84. The zero-order valence-corrected chi connectivity index (χ0v) is 16.0. The third-order valence-electron chi connectivity index (χ3n) is 4.46. The molecule has 9 heteroatoms. The molecule has 2 rings (SSSR count). The highest BCUT2D eigenvalue weighted by Crippen LogP contribution is 2.19. The first-order valence-corrected chi connectivity index (χ1v) is 9.10. The van der Waals surface area contributed by atoms with Crippen LogP contribution in [-0.2, 0) is 14.3 Å². The number of carbonyl (C=O) groups is 3. The van der Waals surface area contributed by atoms with Gasteiger partial charge in [-0.1, -0.05) is 13.8 Å². The first kappa shape index (κ1) is 20.6. The minimum atomic E-state index is -0.667. The summed E-state index contributed by atoms with van der Waals surface area (Å²) in [7, 11) is 1.31. The van der Waals surface area contributed by atoms with E-state index in [0.29, 0.717) is 38.2 Å². The molecular weight excluding hydrogens is 350 g/mol. The lowest BCUT2D eigenvalue weighted by Crippen LogP contribution is -2.51. The number of aromatic nitrogens is 2. The first-order valence-electron chi connectivity index (χ1n) is 9.10. The van der Waals surface area contributed by atoms with Gasteiger partial charge in [-0.3, -0.25) is 9.78 Å². The summed E-state index contributed by atoms with van der Waals surface area (Å²) in [4.78, 5) is 46.2. The molecule has 2 heterocycles. The number of rotatable bonds is 6. The van der Waals surface area contributed by atoms with Gasteiger partial charge < -0.3 is 20.3 Å². The van der Waals surface area contributed by atoms with Gasteiger partial charge in [0.05, 0.1) is 13.3 Å². The maximum absolute atomic E-state index is 12.5. The molecule has 1 aromatic heterocycles. The van der Waals surface area contributed by atoms with E-state index in [1.165, 1.54) is 25.7 Å². The zero-order chi connectivity index (χ0) is 19.8. The number of carbonyl (C=O) groups excluding carboxylic acids is 3. The van der Waals surface area contributed by atoms with Crippen LogP contribution in [0.4, 0.5) is 10.6 Å². The van der Waals surface area contributed by atoms with E-state index in [4.69, 9.17) is 4.74 Å². The topological polar surface area (TPSA) is 114 Å². The molecule has 148 valence electrons. The molecule has 0 saturated carbocycles. The average Bonchev–Trinajstić information content (AvgIpc) is 2.67. The highest BCUT2D eigenvalue weighted by molar-refractivity contribution is 5.91. The van der Waals surface area contributed by atoms with E-state index in [1.54, 1.807) is 4.90 Å². The van der Waals surface area contributed by atoms with E-state index in [0.717, 1.165) is 0 Å². The van der Waals surface area contributed by atoms with Crippen LogP contribution in [-0.4, -0.2) is 59.0 Å². The SMILES string of the molecule is COC(=O)[C@H](CC(C)C)NC(=O)N1CCC(C(=O)Nc2cnccn2)CC1. The molecule has 1 aromatic rings. The molecule has 27 heavy (non-hydrogen) atoms. The average molecular weight is 377 g/mol. The van der Waals surface area contributed by atoms with E-state index in [-0.39, 0.29) is 23.8 Å². The number of anilines is 1. The predicted molar refractivity (Wildman–Crippen MR) is 98.7 cm³/mol. The Balaban J connectivity index is 1.84. The standard InChI is InChI=1S/C18H27N5O4/c1-12(2)10-14(17(25)27-3)21-18(26)23-8-4-13(5-9-23)16(24)22-15-11-19-6-7-20-15/h6-7,11-14H,4-5,8-10H2,1-3H3,(H,21,26)(H,20,22,24)/t14-/m0/s1. The Morgan fingerprint density at radius 3 is 2.52 bits per heavy atom. The third kappa shape index (κ3) is 6.19. The van der Waals surface area contributed by atoms with Crippen molar-refractivity contribution in [2.24, 2.45) is 11.8 Å². The van der Waals surface area contributed by atoms with Crippen LogP contribution in [0.15, 0.2) is 18.6 Å². The molecule has 1 fully saturated rings. The van der Waals surface area contributed by atoms with Crippen molar-refractivity contribution < 1.29 is 19.1 Å². The molecule has 3 amide bonds. The molecule has 0 spiro atoms.